The molecule has 0 aromatic rings. The molecule has 0 fully saturated rings. The maximum absolute atomic E-state index is 11.5. The van der Waals surface area contributed by atoms with E-state index >= 15 is 0 Å². The van der Waals surface area contributed by atoms with Gasteiger partial charge in [-0.15, -0.1) is 0 Å². The highest BCUT2D eigenvalue weighted by atomic mass is 16.4. The lowest BCUT2D eigenvalue weighted by molar-refractivity contribution is -0.150. The van der Waals surface area contributed by atoms with Crippen LogP contribution in [0.4, 0.5) is 0 Å². The molecule has 0 unspecified atom stereocenters. The Kier molecular flexibility index (Phi) is 9.68. The summed E-state index contributed by atoms with van der Waals surface area (Å²) in [4.78, 5) is 11.5. The van der Waals surface area contributed by atoms with Crippen molar-refractivity contribution in [3.05, 3.63) is 0 Å². The predicted octanol–water partition coefficient (Wildman–Crippen LogP) is -6.00. The lowest BCUT2D eigenvalue weighted by Crippen LogP contribution is -2.54. The minimum atomic E-state index is -2.18. The SMILES string of the molecule is C[C@H](O)[C@@H](O)[C@H](O)[C@H](O)CNC(=O)[C@H](O)[C@@H](O)[C@H](O)[C@H](O)CO. The second kappa shape index (κ2) is 10.1. The summed E-state index contributed by atoms with van der Waals surface area (Å²) in [5, 5.41) is 85.4. The van der Waals surface area contributed by atoms with Gasteiger partial charge in [0.15, 0.2) is 6.10 Å². The van der Waals surface area contributed by atoms with Crippen LogP contribution in [0.15, 0.2) is 0 Å². The normalized spacial score (nSPS) is 22.3. The molecule has 0 aliphatic heterocycles. The molecule has 11 heteroatoms. The van der Waals surface area contributed by atoms with Gasteiger partial charge in [-0.3, -0.25) is 4.79 Å². The zero-order valence-corrected chi connectivity index (χ0v) is 12.5. The van der Waals surface area contributed by atoms with Crippen LogP contribution in [0.2, 0.25) is 0 Å². The average Bonchev–Trinajstić information content (AvgIpc) is 2.54. The van der Waals surface area contributed by atoms with Gasteiger partial charge in [0.25, 0.3) is 5.91 Å². The molecule has 1 amide bonds. The average molecular weight is 343 g/mol. The fourth-order valence-electron chi connectivity index (χ4n) is 1.62. The molecule has 0 aliphatic rings. The van der Waals surface area contributed by atoms with E-state index in [0.717, 1.165) is 0 Å². The number of carbonyl (C=O) groups is 1. The Morgan fingerprint density at radius 2 is 1.30 bits per heavy atom. The van der Waals surface area contributed by atoms with Crippen LogP contribution in [0.25, 0.3) is 0 Å². The molecule has 0 radical (unpaired) electrons. The van der Waals surface area contributed by atoms with E-state index in [0.29, 0.717) is 0 Å². The third-order valence-electron chi connectivity index (χ3n) is 3.25. The Labute approximate surface area is 132 Å². The van der Waals surface area contributed by atoms with Gasteiger partial charge in [0, 0.05) is 6.54 Å². The van der Waals surface area contributed by atoms with Crippen molar-refractivity contribution in [2.24, 2.45) is 0 Å². The first-order valence-corrected chi connectivity index (χ1v) is 6.87. The van der Waals surface area contributed by atoms with Crippen LogP contribution >= 0.6 is 0 Å². The molecule has 0 bridgehead atoms. The number of amides is 1. The van der Waals surface area contributed by atoms with Crippen molar-refractivity contribution in [3.63, 3.8) is 0 Å². The summed E-state index contributed by atoms with van der Waals surface area (Å²) in [5.74, 6) is -1.24. The summed E-state index contributed by atoms with van der Waals surface area (Å²) in [6.45, 7) is -0.367. The predicted molar refractivity (Wildman–Crippen MR) is 73.8 cm³/mol. The zero-order chi connectivity index (χ0) is 18.3. The van der Waals surface area contributed by atoms with Gasteiger partial charge in [-0.25, -0.2) is 0 Å². The highest BCUT2D eigenvalue weighted by Crippen LogP contribution is 2.07. The molecule has 0 aromatic heterocycles. The monoisotopic (exact) mass is 343 g/mol. The van der Waals surface area contributed by atoms with Gasteiger partial charge in [-0.05, 0) is 6.92 Å². The maximum atomic E-state index is 11.5. The largest absolute Gasteiger partial charge is 0.394 e. The van der Waals surface area contributed by atoms with E-state index in [2.05, 4.69) is 0 Å². The molecule has 0 rings (SSSR count). The summed E-state index contributed by atoms with van der Waals surface area (Å²) < 4.78 is 0. The van der Waals surface area contributed by atoms with Crippen LogP contribution in [0, 0.1) is 0 Å². The van der Waals surface area contributed by atoms with Crippen molar-refractivity contribution < 1.29 is 50.8 Å². The number of rotatable bonds is 10. The molecule has 0 saturated carbocycles. The third kappa shape index (κ3) is 6.63. The van der Waals surface area contributed by atoms with Gasteiger partial charge in [-0.1, -0.05) is 0 Å². The van der Waals surface area contributed by atoms with Gasteiger partial charge >= 0.3 is 0 Å². The van der Waals surface area contributed by atoms with E-state index in [-0.39, 0.29) is 0 Å². The molecule has 0 aromatic carbocycles. The molecule has 8 atom stereocenters. The molecule has 23 heavy (non-hydrogen) atoms. The smallest absolute Gasteiger partial charge is 0.251 e. The molecule has 11 nitrogen and oxygen atoms in total. The van der Waals surface area contributed by atoms with E-state index in [1.165, 1.54) is 6.92 Å². The fraction of sp³-hybridized carbons (Fsp3) is 0.917. The minimum Gasteiger partial charge on any atom is -0.394 e. The summed E-state index contributed by atoms with van der Waals surface area (Å²) in [7, 11) is 0. The van der Waals surface area contributed by atoms with Crippen LogP contribution in [0.3, 0.4) is 0 Å². The van der Waals surface area contributed by atoms with E-state index in [4.69, 9.17) is 15.3 Å². The molecular formula is C12H25NO10. The Hall–Kier alpha value is -0.890. The number of carbonyl (C=O) groups excluding carboxylic acids is 1. The molecule has 0 heterocycles. The Balaban J connectivity index is 4.48. The molecular weight excluding hydrogens is 318 g/mol. The summed E-state index contributed by atoms with van der Waals surface area (Å²) in [6, 6.07) is 0. The second-order valence-corrected chi connectivity index (χ2v) is 5.21. The summed E-state index contributed by atoms with van der Waals surface area (Å²) in [5.41, 5.74) is 0. The summed E-state index contributed by atoms with van der Waals surface area (Å²) in [6.07, 6.45) is -14.5. The quantitative estimate of drug-likeness (QED) is 0.181. The Morgan fingerprint density at radius 3 is 1.74 bits per heavy atom. The van der Waals surface area contributed by atoms with Gasteiger partial charge < -0.3 is 51.3 Å². The van der Waals surface area contributed by atoms with Crippen LogP contribution in [0.5, 0.6) is 0 Å². The highest BCUT2D eigenvalue weighted by molar-refractivity contribution is 5.81. The fourth-order valence-corrected chi connectivity index (χ4v) is 1.62. The van der Waals surface area contributed by atoms with Crippen molar-refractivity contribution in [2.45, 2.75) is 55.8 Å². The standard InChI is InChI=1S/C12H25NO10/c1-4(15)7(18)8(19)5(16)2-13-12(23)11(22)10(21)9(20)6(17)3-14/h4-11,14-22H,2-3H2,1H3,(H,13,23)/t4-,5+,6+,7+,8+,9+,10-,11+/m0/s1. The molecule has 10 N–H and O–H groups in total. The molecule has 138 valence electrons. The van der Waals surface area contributed by atoms with Crippen LogP contribution in [-0.4, -0.2) is 114 Å². The Morgan fingerprint density at radius 1 is 0.826 bits per heavy atom. The first kappa shape index (κ1) is 22.1. The number of aliphatic hydroxyl groups excluding tert-OH is 9. The topological polar surface area (TPSA) is 211 Å². The van der Waals surface area contributed by atoms with Crippen LogP contribution < -0.4 is 5.32 Å². The molecule has 0 saturated heterocycles. The van der Waals surface area contributed by atoms with Gasteiger partial charge in [0.2, 0.25) is 0 Å². The number of aliphatic hydroxyl groups is 9. The maximum Gasteiger partial charge on any atom is 0.251 e. The third-order valence-corrected chi connectivity index (χ3v) is 3.25. The van der Waals surface area contributed by atoms with Crippen molar-refractivity contribution in [1.82, 2.24) is 5.32 Å². The lowest BCUT2D eigenvalue weighted by atomic mass is 10.0. The van der Waals surface area contributed by atoms with E-state index in [1.807, 2.05) is 5.32 Å². The number of nitrogens with one attached hydrogen (secondary N) is 1. The van der Waals surface area contributed by atoms with Gasteiger partial charge in [0.1, 0.15) is 30.5 Å². The number of hydrogen-bond acceptors (Lipinski definition) is 10. The molecule has 0 aliphatic carbocycles. The Bertz CT molecular complexity index is 355. The second-order valence-electron chi connectivity index (χ2n) is 5.21. The van der Waals surface area contributed by atoms with Crippen LogP contribution in [0.1, 0.15) is 6.92 Å². The van der Waals surface area contributed by atoms with Crippen molar-refractivity contribution in [3.8, 4) is 0 Å². The van der Waals surface area contributed by atoms with Crippen molar-refractivity contribution in [2.75, 3.05) is 13.2 Å². The van der Waals surface area contributed by atoms with Crippen molar-refractivity contribution >= 4 is 5.91 Å². The first-order chi connectivity index (χ1) is 10.5. The number of hydrogen-bond donors (Lipinski definition) is 10. The molecule has 0 spiro atoms. The van der Waals surface area contributed by atoms with E-state index < -0.39 is 67.9 Å². The van der Waals surface area contributed by atoms with Crippen LogP contribution in [-0.2, 0) is 4.79 Å². The highest BCUT2D eigenvalue weighted by Gasteiger charge is 2.35. The van der Waals surface area contributed by atoms with E-state index in [9.17, 15) is 35.4 Å². The summed E-state index contributed by atoms with van der Waals surface area (Å²) >= 11 is 0. The first-order valence-electron chi connectivity index (χ1n) is 6.87. The van der Waals surface area contributed by atoms with Crippen molar-refractivity contribution in [1.29, 1.82) is 0 Å². The minimum absolute atomic E-state index is 0.633. The van der Waals surface area contributed by atoms with Gasteiger partial charge in [-0.2, -0.15) is 0 Å². The van der Waals surface area contributed by atoms with E-state index in [1.54, 1.807) is 0 Å². The lowest BCUT2D eigenvalue weighted by Gasteiger charge is -2.27. The van der Waals surface area contributed by atoms with Gasteiger partial charge in [0.05, 0.1) is 18.8 Å². The zero-order valence-electron chi connectivity index (χ0n) is 12.5.